The molecule has 0 unspecified atom stereocenters. The zero-order chi connectivity index (χ0) is 14.5. The summed E-state index contributed by atoms with van der Waals surface area (Å²) in [6, 6.07) is 14.3. The summed E-state index contributed by atoms with van der Waals surface area (Å²) in [5, 5.41) is 36.5. The van der Waals surface area contributed by atoms with Crippen molar-refractivity contribution in [2.75, 3.05) is 0 Å². The van der Waals surface area contributed by atoms with Crippen molar-refractivity contribution in [3.63, 3.8) is 0 Å². The second-order valence-electron chi connectivity index (χ2n) is 4.74. The van der Waals surface area contributed by atoms with Crippen LogP contribution in [0.4, 0.5) is 0 Å². The van der Waals surface area contributed by atoms with Crippen LogP contribution in [0.2, 0.25) is 0 Å². The molecule has 0 saturated carbocycles. The summed E-state index contributed by atoms with van der Waals surface area (Å²) in [5.41, 5.74) is 2.96. The molecule has 0 radical (unpaired) electrons. The third-order valence-corrected chi connectivity index (χ3v) is 3.20. The lowest BCUT2D eigenvalue weighted by Crippen LogP contribution is -2.30. The standard InChI is InChI=1S/C14H16B2O4/c17-15(18)13-5-1-3-11(9-13)7-8-12-4-2-6-14(10-12)16(19)20/h1-6,9-10,17-20H,7-8H2. The minimum Gasteiger partial charge on any atom is -0.423 e. The van der Waals surface area contributed by atoms with Gasteiger partial charge in [-0.2, -0.15) is 0 Å². The molecule has 4 nitrogen and oxygen atoms in total. The Bertz CT molecular complexity index is 521. The molecule has 0 aliphatic heterocycles. The fourth-order valence-corrected chi connectivity index (χ4v) is 2.11. The Balaban J connectivity index is 2.05. The summed E-state index contributed by atoms with van der Waals surface area (Å²) in [6.07, 6.45) is 1.48. The van der Waals surface area contributed by atoms with E-state index in [0.29, 0.717) is 10.9 Å². The molecule has 0 aromatic heterocycles. The van der Waals surface area contributed by atoms with E-state index in [0.717, 1.165) is 24.0 Å². The van der Waals surface area contributed by atoms with Gasteiger partial charge in [-0.25, -0.2) is 0 Å². The van der Waals surface area contributed by atoms with Crippen molar-refractivity contribution in [1.29, 1.82) is 0 Å². The fraction of sp³-hybridized carbons (Fsp3) is 0.143. The van der Waals surface area contributed by atoms with E-state index in [-0.39, 0.29) is 0 Å². The van der Waals surface area contributed by atoms with Crippen molar-refractivity contribution in [2.45, 2.75) is 12.8 Å². The predicted molar refractivity (Wildman–Crippen MR) is 79.9 cm³/mol. The minimum absolute atomic E-state index is 0.474. The van der Waals surface area contributed by atoms with Gasteiger partial charge in [-0.05, 0) is 34.9 Å². The van der Waals surface area contributed by atoms with Gasteiger partial charge >= 0.3 is 14.2 Å². The summed E-state index contributed by atoms with van der Waals surface area (Å²) >= 11 is 0. The largest absolute Gasteiger partial charge is 0.488 e. The molecule has 0 heterocycles. The van der Waals surface area contributed by atoms with Crippen molar-refractivity contribution in [3.05, 3.63) is 59.7 Å². The highest BCUT2D eigenvalue weighted by atomic mass is 16.4. The first-order chi connectivity index (χ1) is 9.56. The molecule has 102 valence electrons. The Kier molecular flexibility index (Phi) is 4.98. The molecule has 2 aromatic carbocycles. The summed E-state index contributed by atoms with van der Waals surface area (Å²) < 4.78 is 0. The first kappa shape index (κ1) is 14.8. The van der Waals surface area contributed by atoms with Crippen LogP contribution in [0.15, 0.2) is 48.5 Å². The highest BCUT2D eigenvalue weighted by Gasteiger charge is 2.12. The van der Waals surface area contributed by atoms with E-state index in [2.05, 4.69) is 0 Å². The van der Waals surface area contributed by atoms with Gasteiger partial charge in [-0.15, -0.1) is 0 Å². The SMILES string of the molecule is OB(O)c1cccc(CCc2cccc(B(O)O)c2)c1. The number of hydrogen-bond donors (Lipinski definition) is 4. The van der Waals surface area contributed by atoms with Gasteiger partial charge in [0.25, 0.3) is 0 Å². The number of rotatable bonds is 5. The molecule has 4 N–H and O–H groups in total. The van der Waals surface area contributed by atoms with Crippen LogP contribution < -0.4 is 10.9 Å². The molecule has 2 aromatic rings. The van der Waals surface area contributed by atoms with Gasteiger partial charge in [0.05, 0.1) is 0 Å². The number of aryl methyl sites for hydroxylation is 2. The summed E-state index contributed by atoms with van der Waals surface area (Å²) in [4.78, 5) is 0. The molecule has 0 amide bonds. The maximum Gasteiger partial charge on any atom is 0.488 e. The average Bonchev–Trinajstić information content (AvgIpc) is 2.45. The first-order valence-corrected chi connectivity index (χ1v) is 6.46. The zero-order valence-corrected chi connectivity index (χ0v) is 11.0. The minimum atomic E-state index is -1.46. The van der Waals surface area contributed by atoms with Crippen LogP contribution >= 0.6 is 0 Å². The van der Waals surface area contributed by atoms with E-state index in [1.807, 2.05) is 12.1 Å². The zero-order valence-electron chi connectivity index (χ0n) is 11.0. The molecule has 0 fully saturated rings. The maximum atomic E-state index is 9.13. The van der Waals surface area contributed by atoms with E-state index >= 15 is 0 Å². The van der Waals surface area contributed by atoms with Crippen LogP contribution in [-0.2, 0) is 12.8 Å². The van der Waals surface area contributed by atoms with Gasteiger partial charge in [0.1, 0.15) is 0 Å². The molecule has 0 bridgehead atoms. The molecule has 20 heavy (non-hydrogen) atoms. The Morgan fingerprint density at radius 1 is 0.650 bits per heavy atom. The monoisotopic (exact) mass is 270 g/mol. The molecule has 2 rings (SSSR count). The predicted octanol–water partition coefficient (Wildman–Crippen LogP) is -1.17. The molecule has 0 aliphatic rings. The maximum absolute atomic E-state index is 9.13. The van der Waals surface area contributed by atoms with Crippen molar-refractivity contribution in [1.82, 2.24) is 0 Å². The average molecular weight is 270 g/mol. The van der Waals surface area contributed by atoms with Gasteiger partial charge < -0.3 is 20.1 Å². The first-order valence-electron chi connectivity index (χ1n) is 6.46. The quantitative estimate of drug-likeness (QED) is 0.516. The summed E-state index contributed by atoms with van der Waals surface area (Å²) in [6.45, 7) is 0. The van der Waals surface area contributed by atoms with Crippen LogP contribution in [0.25, 0.3) is 0 Å². The molecule has 6 heteroatoms. The van der Waals surface area contributed by atoms with E-state index in [1.165, 1.54) is 0 Å². The number of hydrogen-bond acceptors (Lipinski definition) is 4. The Morgan fingerprint density at radius 3 is 1.40 bits per heavy atom. The van der Waals surface area contributed by atoms with Crippen molar-refractivity contribution in [2.24, 2.45) is 0 Å². The Hall–Kier alpha value is -1.59. The van der Waals surface area contributed by atoms with E-state index in [9.17, 15) is 0 Å². The van der Waals surface area contributed by atoms with Gasteiger partial charge in [-0.1, -0.05) is 48.5 Å². The van der Waals surface area contributed by atoms with Gasteiger partial charge in [0.2, 0.25) is 0 Å². The van der Waals surface area contributed by atoms with Crippen molar-refractivity contribution in [3.8, 4) is 0 Å². The Morgan fingerprint density at radius 2 is 1.05 bits per heavy atom. The fourth-order valence-electron chi connectivity index (χ4n) is 2.11. The van der Waals surface area contributed by atoms with E-state index in [4.69, 9.17) is 20.1 Å². The summed E-state index contributed by atoms with van der Waals surface area (Å²) in [7, 11) is -2.91. The topological polar surface area (TPSA) is 80.9 Å². The van der Waals surface area contributed by atoms with Crippen molar-refractivity contribution < 1.29 is 20.1 Å². The number of benzene rings is 2. The summed E-state index contributed by atoms with van der Waals surface area (Å²) in [5.74, 6) is 0. The lowest BCUT2D eigenvalue weighted by Gasteiger charge is -2.06. The highest BCUT2D eigenvalue weighted by Crippen LogP contribution is 2.06. The van der Waals surface area contributed by atoms with Crippen LogP contribution in [0, 0.1) is 0 Å². The highest BCUT2D eigenvalue weighted by molar-refractivity contribution is 6.58. The van der Waals surface area contributed by atoms with Gasteiger partial charge in [-0.3, -0.25) is 0 Å². The smallest absolute Gasteiger partial charge is 0.423 e. The van der Waals surface area contributed by atoms with E-state index < -0.39 is 14.2 Å². The second kappa shape index (κ2) is 6.72. The third kappa shape index (κ3) is 3.95. The van der Waals surface area contributed by atoms with Crippen LogP contribution in [-0.4, -0.2) is 34.3 Å². The second-order valence-corrected chi connectivity index (χ2v) is 4.74. The van der Waals surface area contributed by atoms with Crippen LogP contribution in [0.1, 0.15) is 11.1 Å². The molecular formula is C14H16B2O4. The molecule has 0 aliphatic carbocycles. The molecule has 0 atom stereocenters. The molecular weight excluding hydrogens is 254 g/mol. The van der Waals surface area contributed by atoms with E-state index in [1.54, 1.807) is 36.4 Å². The van der Waals surface area contributed by atoms with Crippen LogP contribution in [0.5, 0.6) is 0 Å². The molecule has 0 spiro atoms. The van der Waals surface area contributed by atoms with Crippen LogP contribution in [0.3, 0.4) is 0 Å². The van der Waals surface area contributed by atoms with Crippen molar-refractivity contribution >= 4 is 25.2 Å². The van der Waals surface area contributed by atoms with Gasteiger partial charge in [0.15, 0.2) is 0 Å². The van der Waals surface area contributed by atoms with Gasteiger partial charge in [0, 0.05) is 0 Å². The molecule has 0 saturated heterocycles. The Labute approximate surface area is 118 Å². The lowest BCUT2D eigenvalue weighted by atomic mass is 9.78. The third-order valence-electron chi connectivity index (χ3n) is 3.20. The normalized spacial score (nSPS) is 10.4. The lowest BCUT2D eigenvalue weighted by molar-refractivity contribution is 0.424.